The topological polar surface area (TPSA) is 119 Å². The van der Waals surface area contributed by atoms with Gasteiger partial charge in [0.2, 0.25) is 5.91 Å². The van der Waals surface area contributed by atoms with Crippen molar-refractivity contribution >= 4 is 46.6 Å². The zero-order valence-electron chi connectivity index (χ0n) is 18.3. The average Bonchev–Trinajstić information content (AvgIpc) is 3.24. The van der Waals surface area contributed by atoms with Crippen LogP contribution in [0.3, 0.4) is 0 Å². The third-order valence-corrected chi connectivity index (χ3v) is 5.08. The summed E-state index contributed by atoms with van der Waals surface area (Å²) in [6.45, 7) is 3.41. The molecule has 0 bridgehead atoms. The normalized spacial score (nSPS) is 13.3. The molecule has 1 heterocycles. The molecule has 10 nitrogen and oxygen atoms in total. The van der Waals surface area contributed by atoms with E-state index in [4.69, 9.17) is 47.3 Å². The van der Waals surface area contributed by atoms with Crippen molar-refractivity contribution < 1.29 is 33.6 Å². The number of hydrogen-bond donors (Lipinski definition) is 2. The maximum atomic E-state index is 12.1. The van der Waals surface area contributed by atoms with Crippen molar-refractivity contribution in [2.45, 2.75) is 19.3 Å². The summed E-state index contributed by atoms with van der Waals surface area (Å²) in [5.41, 5.74) is 0.812. The molecule has 0 aromatic heterocycles. The van der Waals surface area contributed by atoms with Crippen LogP contribution in [0.25, 0.3) is 0 Å². The minimum absolute atomic E-state index is 0.0157. The van der Waals surface area contributed by atoms with Crippen molar-refractivity contribution in [3.8, 4) is 0 Å². The van der Waals surface area contributed by atoms with Gasteiger partial charge in [-0.25, -0.2) is 0 Å². The van der Waals surface area contributed by atoms with Crippen LogP contribution >= 0.6 is 23.2 Å². The maximum Gasteiger partial charge on any atom is 0.305 e. The van der Waals surface area contributed by atoms with E-state index in [1.807, 2.05) is 6.07 Å². The summed E-state index contributed by atoms with van der Waals surface area (Å²) in [4.78, 5) is 22.4. The van der Waals surface area contributed by atoms with Crippen LogP contribution in [0.5, 0.6) is 0 Å². The van der Waals surface area contributed by atoms with Gasteiger partial charge in [0.25, 0.3) is 0 Å². The number of anilines is 1. The second-order valence-corrected chi connectivity index (χ2v) is 7.72. The van der Waals surface area contributed by atoms with Gasteiger partial charge >= 0.3 is 5.97 Å². The Morgan fingerprint density at radius 2 is 1.48 bits per heavy atom. The largest absolute Gasteiger partial charge is 0.481 e. The van der Waals surface area contributed by atoms with Crippen LogP contribution in [0.1, 0.15) is 19.3 Å². The first-order valence-corrected chi connectivity index (χ1v) is 11.3. The average molecular weight is 506 g/mol. The molecule has 0 fully saturated rings. The van der Waals surface area contributed by atoms with E-state index in [9.17, 15) is 9.59 Å². The first kappa shape index (κ1) is 27.3. The number of amides is 1. The molecule has 0 saturated heterocycles. The molecule has 184 valence electrons. The number of ether oxygens (including phenoxy) is 4. The van der Waals surface area contributed by atoms with Gasteiger partial charge in [-0.1, -0.05) is 23.2 Å². The molecule has 1 aromatic carbocycles. The highest BCUT2D eigenvalue weighted by Gasteiger charge is 2.18. The predicted molar refractivity (Wildman–Crippen MR) is 124 cm³/mol. The van der Waals surface area contributed by atoms with E-state index in [0.29, 0.717) is 68.5 Å². The molecule has 1 aliphatic rings. The van der Waals surface area contributed by atoms with Gasteiger partial charge in [0.15, 0.2) is 0 Å². The van der Waals surface area contributed by atoms with Crippen molar-refractivity contribution in [3.05, 3.63) is 28.2 Å². The Balaban J connectivity index is 1.44. The smallest absolute Gasteiger partial charge is 0.305 e. The number of hydrazone groups is 1. The Morgan fingerprint density at radius 1 is 0.909 bits per heavy atom. The zero-order valence-corrected chi connectivity index (χ0v) is 19.8. The lowest BCUT2D eigenvalue weighted by Gasteiger charge is -2.13. The van der Waals surface area contributed by atoms with E-state index in [1.165, 1.54) is 0 Å². The highest BCUT2D eigenvalue weighted by Crippen LogP contribution is 2.28. The third kappa shape index (κ3) is 11.6. The lowest BCUT2D eigenvalue weighted by molar-refractivity contribution is -0.138. The first-order valence-electron chi connectivity index (χ1n) is 10.6. The van der Waals surface area contributed by atoms with E-state index in [0.717, 1.165) is 5.69 Å². The second kappa shape index (κ2) is 15.8. The molecule has 2 N–H and O–H groups in total. The summed E-state index contributed by atoms with van der Waals surface area (Å²) in [6, 6.07) is 5.27. The Bertz CT molecular complexity index is 795. The molecule has 0 aliphatic carbocycles. The van der Waals surface area contributed by atoms with Gasteiger partial charge in [0.05, 0.1) is 81.4 Å². The van der Waals surface area contributed by atoms with E-state index < -0.39 is 5.97 Å². The fourth-order valence-corrected chi connectivity index (χ4v) is 2.98. The summed E-state index contributed by atoms with van der Waals surface area (Å²) in [7, 11) is 0. The Kier molecular flexibility index (Phi) is 13.1. The molecule has 0 spiro atoms. The summed E-state index contributed by atoms with van der Waals surface area (Å²) in [5.74, 6) is -0.450. The van der Waals surface area contributed by atoms with Gasteiger partial charge in [-0.2, -0.15) is 5.10 Å². The maximum absolute atomic E-state index is 12.1. The summed E-state index contributed by atoms with van der Waals surface area (Å²) >= 11 is 12.0. The van der Waals surface area contributed by atoms with Crippen molar-refractivity contribution in [2.24, 2.45) is 5.10 Å². The number of rotatable bonds is 16. The van der Waals surface area contributed by atoms with E-state index in [-0.39, 0.29) is 32.0 Å². The number of hydrogen-bond acceptors (Lipinski definition) is 8. The Morgan fingerprint density at radius 3 is 2.06 bits per heavy atom. The standard InChI is InChI=1S/C21H29Cl2N3O7/c22-17-2-1-16(15-18(17)23)26-6-3-19(25-26)24-20(27)4-7-30-9-11-32-13-14-33-12-10-31-8-5-21(28)29/h1-2,15H,3-14H2,(H,28,29)(H,24,25,27). The predicted octanol–water partition coefficient (Wildman–Crippen LogP) is 2.56. The molecule has 2 rings (SSSR count). The van der Waals surface area contributed by atoms with Gasteiger partial charge in [0.1, 0.15) is 5.84 Å². The number of halogens is 2. The molecule has 1 aromatic rings. The van der Waals surface area contributed by atoms with E-state index >= 15 is 0 Å². The number of aliphatic carboxylic acids is 1. The first-order chi connectivity index (χ1) is 16.0. The number of carbonyl (C=O) groups is 2. The van der Waals surface area contributed by atoms with Crippen LogP contribution in [0.4, 0.5) is 5.69 Å². The van der Waals surface area contributed by atoms with Gasteiger partial charge in [-0.15, -0.1) is 0 Å². The van der Waals surface area contributed by atoms with Gasteiger partial charge in [-0.3, -0.25) is 14.6 Å². The lowest BCUT2D eigenvalue weighted by atomic mass is 10.3. The number of carbonyl (C=O) groups excluding carboxylic acids is 1. The number of carboxylic acids is 1. The van der Waals surface area contributed by atoms with Gasteiger partial charge in [-0.05, 0) is 18.2 Å². The fourth-order valence-electron chi connectivity index (χ4n) is 2.69. The number of amidine groups is 1. The fraction of sp³-hybridized carbons (Fsp3) is 0.571. The van der Waals surface area contributed by atoms with E-state index in [1.54, 1.807) is 17.1 Å². The molecule has 1 aliphatic heterocycles. The second-order valence-electron chi connectivity index (χ2n) is 6.91. The molecule has 0 unspecified atom stereocenters. The number of carboxylic acid groups (broad SMARTS) is 1. The third-order valence-electron chi connectivity index (χ3n) is 4.34. The van der Waals surface area contributed by atoms with Crippen LogP contribution in [0, 0.1) is 0 Å². The monoisotopic (exact) mass is 505 g/mol. The van der Waals surface area contributed by atoms with Crippen LogP contribution < -0.4 is 10.3 Å². The van der Waals surface area contributed by atoms with Gasteiger partial charge < -0.3 is 29.4 Å². The van der Waals surface area contributed by atoms with Crippen LogP contribution in [0.15, 0.2) is 23.3 Å². The summed E-state index contributed by atoms with van der Waals surface area (Å²) in [6.07, 6.45) is 0.826. The molecular formula is C21H29Cl2N3O7. The SMILES string of the molecule is O=C(O)CCOCCOCCOCCOCCC(=O)NC1=NN(c2ccc(Cl)c(Cl)c2)CC1. The van der Waals surface area contributed by atoms with Crippen molar-refractivity contribution in [1.82, 2.24) is 5.32 Å². The molecule has 0 saturated carbocycles. The van der Waals surface area contributed by atoms with E-state index in [2.05, 4.69) is 10.4 Å². The molecule has 33 heavy (non-hydrogen) atoms. The molecular weight excluding hydrogens is 477 g/mol. The van der Waals surface area contributed by atoms with Crippen molar-refractivity contribution in [2.75, 3.05) is 64.4 Å². The van der Waals surface area contributed by atoms with Crippen LogP contribution in [0.2, 0.25) is 10.0 Å². The lowest BCUT2D eigenvalue weighted by Crippen LogP contribution is -2.30. The number of nitrogens with zero attached hydrogens (tertiary/aromatic N) is 2. The highest BCUT2D eigenvalue weighted by atomic mass is 35.5. The Hall–Kier alpha value is -1.95. The summed E-state index contributed by atoms with van der Waals surface area (Å²) in [5, 5.41) is 18.4. The number of benzene rings is 1. The van der Waals surface area contributed by atoms with Crippen LogP contribution in [-0.2, 0) is 28.5 Å². The molecule has 0 atom stereocenters. The zero-order chi connectivity index (χ0) is 23.9. The molecule has 1 amide bonds. The summed E-state index contributed by atoms with van der Waals surface area (Å²) < 4.78 is 21.2. The van der Waals surface area contributed by atoms with Crippen molar-refractivity contribution in [3.63, 3.8) is 0 Å². The van der Waals surface area contributed by atoms with Crippen molar-refractivity contribution in [1.29, 1.82) is 0 Å². The minimum Gasteiger partial charge on any atom is -0.481 e. The quantitative estimate of drug-likeness (QED) is 0.329. The Labute approximate surface area is 202 Å². The minimum atomic E-state index is -0.886. The molecule has 12 heteroatoms. The van der Waals surface area contributed by atoms with Crippen LogP contribution in [-0.4, -0.2) is 82.2 Å². The molecule has 0 radical (unpaired) electrons. The number of nitrogens with one attached hydrogen (secondary N) is 1. The highest BCUT2D eigenvalue weighted by molar-refractivity contribution is 6.42. The van der Waals surface area contributed by atoms with Gasteiger partial charge in [0, 0.05) is 13.0 Å².